The Balaban J connectivity index is 1.06. The highest BCUT2D eigenvalue weighted by Gasteiger charge is 2.40. The van der Waals surface area contributed by atoms with Crippen LogP contribution in [0, 0.1) is 11.6 Å². The van der Waals surface area contributed by atoms with Gasteiger partial charge in [0.15, 0.2) is 17.3 Å². The normalized spacial score (nSPS) is 14.5. The predicted molar refractivity (Wildman–Crippen MR) is 163 cm³/mol. The second-order valence-corrected chi connectivity index (χ2v) is 11.2. The van der Waals surface area contributed by atoms with E-state index in [0.29, 0.717) is 11.2 Å². The largest absolute Gasteiger partial charge is 0.496 e. The van der Waals surface area contributed by atoms with E-state index < -0.39 is 29.7 Å². The Hall–Kier alpha value is -5.32. The quantitative estimate of drug-likeness (QED) is 0.218. The average molecular weight is 610 g/mol. The van der Waals surface area contributed by atoms with Gasteiger partial charge >= 0.3 is 6.09 Å². The topological polar surface area (TPSA) is 98.1 Å². The summed E-state index contributed by atoms with van der Waals surface area (Å²) in [6.45, 7) is 1.79. The van der Waals surface area contributed by atoms with Crippen LogP contribution in [-0.2, 0) is 9.53 Å². The number of carbonyl (C=O) groups excluding carboxylic acids is 2. The monoisotopic (exact) mass is 609 g/mol. The molecule has 0 radical (unpaired) electrons. The molecule has 228 valence electrons. The number of halogens is 2. The van der Waals surface area contributed by atoms with Crippen LogP contribution in [0.5, 0.6) is 5.75 Å². The molecule has 45 heavy (non-hydrogen) atoms. The van der Waals surface area contributed by atoms with Crippen LogP contribution in [0.25, 0.3) is 27.9 Å². The van der Waals surface area contributed by atoms with E-state index in [9.17, 15) is 18.4 Å². The number of hydrogen-bond acceptors (Lipinski definition) is 6. The molecule has 0 spiro atoms. The van der Waals surface area contributed by atoms with Crippen molar-refractivity contribution >= 4 is 23.6 Å². The number of nitrogens with one attached hydrogen (secondary N) is 1. The molecule has 7 rings (SSSR count). The minimum absolute atomic E-state index is 0.000960. The number of fused-ring (bicyclic) bond motifs is 4. The van der Waals surface area contributed by atoms with Gasteiger partial charge in [0.05, 0.1) is 12.7 Å². The van der Waals surface area contributed by atoms with E-state index in [1.807, 2.05) is 24.3 Å². The van der Waals surface area contributed by atoms with E-state index in [-0.39, 0.29) is 35.8 Å². The summed E-state index contributed by atoms with van der Waals surface area (Å²) in [5.74, 6) is -2.49. The predicted octanol–water partition coefficient (Wildman–Crippen LogP) is 6.42. The minimum atomic E-state index is -1.05. The fourth-order valence-corrected chi connectivity index (χ4v) is 6.04. The van der Waals surface area contributed by atoms with E-state index in [4.69, 9.17) is 9.47 Å². The maximum atomic E-state index is 14.7. The van der Waals surface area contributed by atoms with Gasteiger partial charge in [0.2, 0.25) is 11.9 Å². The fraction of sp³-hybridized carbons (Fsp3) is 0.235. The van der Waals surface area contributed by atoms with Gasteiger partial charge in [-0.25, -0.2) is 18.1 Å². The Morgan fingerprint density at radius 3 is 2.36 bits per heavy atom. The zero-order valence-corrected chi connectivity index (χ0v) is 24.5. The molecule has 5 aromatic rings. The molecule has 1 atom stereocenters. The number of anilines is 1. The lowest BCUT2D eigenvalue weighted by molar-refractivity contribution is -0.120. The highest BCUT2D eigenvalue weighted by molar-refractivity contribution is 5.95. The molecule has 2 heterocycles. The van der Waals surface area contributed by atoms with E-state index in [0.717, 1.165) is 41.2 Å². The number of pyridine rings is 1. The van der Waals surface area contributed by atoms with Crippen molar-refractivity contribution in [1.29, 1.82) is 0 Å². The smallest absolute Gasteiger partial charge is 0.410 e. The number of hydrogen-bond donors (Lipinski definition) is 1. The third-order valence-electron chi connectivity index (χ3n) is 8.42. The Kier molecular flexibility index (Phi) is 7.15. The molecule has 11 heteroatoms. The van der Waals surface area contributed by atoms with Gasteiger partial charge in [-0.3, -0.25) is 15.0 Å². The molecule has 0 unspecified atom stereocenters. The molecule has 2 aromatic heterocycles. The van der Waals surface area contributed by atoms with Crippen LogP contribution >= 0.6 is 0 Å². The molecule has 2 aliphatic carbocycles. The summed E-state index contributed by atoms with van der Waals surface area (Å²) in [7, 11) is 1.37. The summed E-state index contributed by atoms with van der Waals surface area (Å²) in [4.78, 5) is 32.6. The summed E-state index contributed by atoms with van der Waals surface area (Å²) in [5, 5.41) is 6.99. The molecule has 1 saturated carbocycles. The zero-order valence-electron chi connectivity index (χ0n) is 24.5. The van der Waals surface area contributed by atoms with Gasteiger partial charge in [-0.15, -0.1) is 5.10 Å². The Morgan fingerprint density at radius 2 is 1.69 bits per heavy atom. The molecular weight excluding hydrogens is 580 g/mol. The number of nitrogens with zero attached hydrogens (tertiary/aromatic N) is 4. The molecular formula is C34H29F2N5O4. The van der Waals surface area contributed by atoms with Gasteiger partial charge in [-0.2, -0.15) is 4.98 Å². The molecule has 2 amide bonds. The van der Waals surface area contributed by atoms with Crippen molar-refractivity contribution in [2.24, 2.45) is 0 Å². The third-order valence-corrected chi connectivity index (χ3v) is 8.42. The van der Waals surface area contributed by atoms with Gasteiger partial charge in [0.1, 0.15) is 18.4 Å². The van der Waals surface area contributed by atoms with Gasteiger partial charge in [0, 0.05) is 23.7 Å². The van der Waals surface area contributed by atoms with Crippen LogP contribution in [0.15, 0.2) is 79.0 Å². The lowest BCUT2D eigenvalue weighted by Crippen LogP contribution is -2.47. The first kappa shape index (κ1) is 28.5. The third kappa shape index (κ3) is 5.13. The average Bonchev–Trinajstić information content (AvgIpc) is 3.72. The number of aromatic nitrogens is 3. The van der Waals surface area contributed by atoms with Gasteiger partial charge in [0.25, 0.3) is 0 Å². The first-order chi connectivity index (χ1) is 21.8. The maximum Gasteiger partial charge on any atom is 0.410 e. The second kappa shape index (κ2) is 11.3. The first-order valence-corrected chi connectivity index (χ1v) is 14.7. The molecule has 1 N–H and O–H groups in total. The van der Waals surface area contributed by atoms with E-state index in [2.05, 4.69) is 39.7 Å². The number of amides is 2. The van der Waals surface area contributed by atoms with Crippen LogP contribution in [0.3, 0.4) is 0 Å². The van der Waals surface area contributed by atoms with Crippen LogP contribution in [0.1, 0.15) is 36.8 Å². The minimum Gasteiger partial charge on any atom is -0.496 e. The number of carbonyl (C=O) groups is 2. The van der Waals surface area contributed by atoms with Crippen molar-refractivity contribution in [3.8, 4) is 28.0 Å². The van der Waals surface area contributed by atoms with Crippen molar-refractivity contribution in [2.45, 2.75) is 37.8 Å². The highest BCUT2D eigenvalue weighted by atomic mass is 19.2. The standard InChI is InChI=1S/C34H29F2N5O4/c1-19(32(42)38-33-37-29-16-11-20(17-40(29)39-33)30-28(44-2)15-14-27(35)31(30)36)41(21-12-13-21)34(43)45-18-26-24-9-5-3-7-22(24)23-8-4-6-10-25(23)26/h3-11,14-17,19,21,26H,12-13,18H2,1-2H3,(H,38,39,42)/t19-/m1/s1. The molecule has 9 nitrogen and oxygen atoms in total. The Bertz CT molecular complexity index is 1910. The summed E-state index contributed by atoms with van der Waals surface area (Å²) in [6, 6.07) is 20.7. The van der Waals surface area contributed by atoms with Crippen molar-refractivity contribution in [3.05, 3.63) is 102 Å². The van der Waals surface area contributed by atoms with Gasteiger partial charge < -0.3 is 9.47 Å². The Labute approximate surface area is 257 Å². The zero-order chi connectivity index (χ0) is 31.2. The van der Waals surface area contributed by atoms with Crippen molar-refractivity contribution in [3.63, 3.8) is 0 Å². The van der Waals surface area contributed by atoms with E-state index in [1.165, 1.54) is 28.8 Å². The van der Waals surface area contributed by atoms with E-state index >= 15 is 0 Å². The maximum absolute atomic E-state index is 14.7. The first-order valence-electron chi connectivity index (χ1n) is 14.7. The molecule has 0 saturated heterocycles. The van der Waals surface area contributed by atoms with Gasteiger partial charge in [-0.05, 0) is 66.3 Å². The number of benzene rings is 3. The number of ether oxygens (including phenoxy) is 2. The van der Waals surface area contributed by atoms with Crippen molar-refractivity contribution < 1.29 is 27.8 Å². The molecule has 1 fully saturated rings. The van der Waals surface area contributed by atoms with Crippen molar-refractivity contribution in [2.75, 3.05) is 19.0 Å². The number of methoxy groups -OCH3 is 1. The summed E-state index contributed by atoms with van der Waals surface area (Å²) >= 11 is 0. The number of rotatable bonds is 8. The van der Waals surface area contributed by atoms with Crippen LogP contribution in [-0.4, -0.2) is 57.3 Å². The van der Waals surface area contributed by atoms with Crippen LogP contribution in [0.2, 0.25) is 0 Å². The lowest BCUT2D eigenvalue weighted by atomic mass is 9.98. The van der Waals surface area contributed by atoms with Crippen molar-refractivity contribution in [1.82, 2.24) is 19.5 Å². The SMILES string of the molecule is COc1ccc(F)c(F)c1-c1ccc2nc(NC(=O)[C@@H](C)N(C(=O)OCC3c4ccccc4-c4ccccc43)C3CC3)nn2c1. The second-order valence-electron chi connectivity index (χ2n) is 11.2. The molecule has 0 aliphatic heterocycles. The highest BCUT2D eigenvalue weighted by Crippen LogP contribution is 2.44. The Morgan fingerprint density at radius 1 is 1.00 bits per heavy atom. The van der Waals surface area contributed by atoms with E-state index in [1.54, 1.807) is 19.1 Å². The summed E-state index contributed by atoms with van der Waals surface area (Å²) in [5.41, 5.74) is 5.10. The summed E-state index contributed by atoms with van der Waals surface area (Å²) in [6.07, 6.45) is 2.46. The molecule has 2 aliphatic rings. The van der Waals surface area contributed by atoms with Crippen LogP contribution < -0.4 is 10.1 Å². The lowest BCUT2D eigenvalue weighted by Gasteiger charge is -2.28. The van der Waals surface area contributed by atoms with Gasteiger partial charge in [-0.1, -0.05) is 48.5 Å². The summed E-state index contributed by atoms with van der Waals surface area (Å²) < 4.78 is 41.1. The molecule has 3 aromatic carbocycles. The van der Waals surface area contributed by atoms with Crippen LogP contribution in [0.4, 0.5) is 19.5 Å². The fourth-order valence-electron chi connectivity index (χ4n) is 6.04. The molecule has 0 bridgehead atoms.